The molecule has 0 radical (unpaired) electrons. The fourth-order valence-electron chi connectivity index (χ4n) is 8.32. The Labute approximate surface area is 185 Å². The van der Waals surface area contributed by atoms with Gasteiger partial charge in [-0.05, 0) is 74.5 Å². The van der Waals surface area contributed by atoms with Crippen LogP contribution in [0.2, 0.25) is 0 Å². The molecule has 31 heavy (non-hydrogen) atoms. The third kappa shape index (κ3) is 3.89. The maximum absolute atomic E-state index is 12.1. The van der Waals surface area contributed by atoms with Crippen LogP contribution in [0.5, 0.6) is 0 Å². The van der Waals surface area contributed by atoms with Crippen molar-refractivity contribution in [2.75, 3.05) is 0 Å². The van der Waals surface area contributed by atoms with Gasteiger partial charge in [0.25, 0.3) is 0 Å². The van der Waals surface area contributed by atoms with Crippen LogP contribution in [0.4, 0.5) is 0 Å². The summed E-state index contributed by atoms with van der Waals surface area (Å²) in [6.45, 7) is 9.11. The number of ether oxygens (including phenoxy) is 3. The van der Waals surface area contributed by atoms with Crippen LogP contribution in [-0.2, 0) is 28.6 Å². The van der Waals surface area contributed by atoms with Crippen LogP contribution in [0.25, 0.3) is 0 Å². The number of rotatable bonds is 3. The Kier molecular flexibility index (Phi) is 5.89. The lowest BCUT2D eigenvalue weighted by molar-refractivity contribution is -0.207. The van der Waals surface area contributed by atoms with Crippen molar-refractivity contribution < 1.29 is 28.6 Å². The molecule has 0 spiro atoms. The first kappa shape index (κ1) is 22.6. The SMILES string of the molecule is CC(=O)O[C@H]1CC[C@@]2(C)C(CC[C@@H]3[C@@H]2[C@@H](OC(C)=O)C[C@]2(C)[C@@H](OC(C)=O)CC[C@@H]32)C1. The molecule has 4 aliphatic rings. The monoisotopic (exact) mass is 434 g/mol. The van der Waals surface area contributed by atoms with E-state index >= 15 is 0 Å². The highest BCUT2D eigenvalue weighted by atomic mass is 16.6. The Morgan fingerprint density at radius 3 is 2.10 bits per heavy atom. The van der Waals surface area contributed by atoms with Crippen molar-refractivity contribution in [1.29, 1.82) is 0 Å². The molecule has 4 fully saturated rings. The third-order valence-electron chi connectivity index (χ3n) is 9.40. The van der Waals surface area contributed by atoms with Crippen molar-refractivity contribution in [2.24, 2.45) is 34.5 Å². The molecule has 0 amide bonds. The van der Waals surface area contributed by atoms with Gasteiger partial charge < -0.3 is 14.2 Å². The second-order valence-corrected chi connectivity index (χ2v) is 11.1. The van der Waals surface area contributed by atoms with Gasteiger partial charge in [0, 0.05) is 32.1 Å². The molecule has 4 aliphatic carbocycles. The molecule has 0 aromatic rings. The van der Waals surface area contributed by atoms with Crippen molar-refractivity contribution in [3.05, 3.63) is 0 Å². The Morgan fingerprint density at radius 1 is 0.774 bits per heavy atom. The molecule has 9 atom stereocenters. The molecule has 4 saturated carbocycles. The van der Waals surface area contributed by atoms with Crippen molar-refractivity contribution in [3.63, 3.8) is 0 Å². The molecular weight excluding hydrogens is 396 g/mol. The summed E-state index contributed by atoms with van der Waals surface area (Å²) in [4.78, 5) is 35.4. The first-order valence-electron chi connectivity index (χ1n) is 12.1. The van der Waals surface area contributed by atoms with Gasteiger partial charge in [0.15, 0.2) is 0 Å². The zero-order chi connectivity index (χ0) is 22.6. The van der Waals surface area contributed by atoms with Crippen molar-refractivity contribution in [1.82, 2.24) is 0 Å². The highest BCUT2D eigenvalue weighted by molar-refractivity contribution is 5.67. The number of esters is 3. The molecule has 0 saturated heterocycles. The minimum atomic E-state index is -0.229. The molecule has 0 bridgehead atoms. The Bertz CT molecular complexity index is 748. The average Bonchev–Trinajstić information content (AvgIpc) is 2.96. The van der Waals surface area contributed by atoms with Gasteiger partial charge in [-0.15, -0.1) is 0 Å². The second-order valence-electron chi connectivity index (χ2n) is 11.1. The number of carbonyl (C=O) groups is 3. The summed E-state index contributed by atoms with van der Waals surface area (Å²) in [5, 5.41) is 0. The molecule has 1 unspecified atom stereocenters. The molecule has 6 nitrogen and oxygen atoms in total. The summed E-state index contributed by atoms with van der Waals surface area (Å²) < 4.78 is 17.4. The van der Waals surface area contributed by atoms with Crippen molar-refractivity contribution >= 4 is 17.9 Å². The van der Waals surface area contributed by atoms with Gasteiger partial charge in [0.05, 0.1) is 0 Å². The van der Waals surface area contributed by atoms with Gasteiger partial charge in [-0.25, -0.2) is 0 Å². The van der Waals surface area contributed by atoms with Crippen LogP contribution >= 0.6 is 0 Å². The van der Waals surface area contributed by atoms with E-state index in [-0.39, 0.29) is 47.0 Å². The third-order valence-corrected chi connectivity index (χ3v) is 9.40. The van der Waals surface area contributed by atoms with Gasteiger partial charge >= 0.3 is 17.9 Å². The average molecular weight is 435 g/mol. The molecule has 0 aromatic carbocycles. The molecule has 4 rings (SSSR count). The summed E-state index contributed by atoms with van der Waals surface area (Å²) >= 11 is 0. The number of hydrogen-bond donors (Lipinski definition) is 0. The highest BCUT2D eigenvalue weighted by Crippen LogP contribution is 2.67. The smallest absolute Gasteiger partial charge is 0.302 e. The van der Waals surface area contributed by atoms with E-state index < -0.39 is 0 Å². The summed E-state index contributed by atoms with van der Waals surface area (Å²) in [6, 6.07) is 0. The molecular formula is C25H38O6. The van der Waals surface area contributed by atoms with E-state index in [1.807, 2.05) is 0 Å². The number of fused-ring (bicyclic) bond motifs is 5. The predicted molar refractivity (Wildman–Crippen MR) is 114 cm³/mol. The summed E-state index contributed by atoms with van der Waals surface area (Å²) in [6.07, 6.45) is 7.47. The second kappa shape index (κ2) is 8.08. The lowest BCUT2D eigenvalue weighted by atomic mass is 9.44. The summed E-state index contributed by atoms with van der Waals surface area (Å²) in [7, 11) is 0. The van der Waals surface area contributed by atoms with Gasteiger partial charge in [-0.2, -0.15) is 0 Å². The number of carbonyl (C=O) groups excluding carboxylic acids is 3. The van der Waals surface area contributed by atoms with Crippen LogP contribution in [0.15, 0.2) is 0 Å². The lowest BCUT2D eigenvalue weighted by Crippen LogP contribution is -2.60. The van der Waals surface area contributed by atoms with Gasteiger partial charge in [-0.1, -0.05) is 13.8 Å². The summed E-state index contributed by atoms with van der Waals surface area (Å²) in [5.41, 5.74) is -0.0778. The van der Waals surface area contributed by atoms with Crippen LogP contribution in [0.1, 0.15) is 86.0 Å². The Balaban J connectivity index is 1.64. The zero-order valence-corrected chi connectivity index (χ0v) is 19.6. The quantitative estimate of drug-likeness (QED) is 0.483. The first-order valence-corrected chi connectivity index (χ1v) is 12.1. The van der Waals surface area contributed by atoms with Gasteiger partial charge in [0.2, 0.25) is 0 Å². The minimum absolute atomic E-state index is 0.00739. The molecule has 0 aliphatic heterocycles. The molecule has 174 valence electrons. The number of hydrogen-bond acceptors (Lipinski definition) is 6. The minimum Gasteiger partial charge on any atom is -0.463 e. The largest absolute Gasteiger partial charge is 0.463 e. The topological polar surface area (TPSA) is 78.9 Å². The first-order chi connectivity index (χ1) is 14.5. The normalized spacial score (nSPS) is 46.2. The fourth-order valence-corrected chi connectivity index (χ4v) is 8.32. The van der Waals surface area contributed by atoms with Crippen LogP contribution < -0.4 is 0 Å². The predicted octanol–water partition coefficient (Wildman–Crippen LogP) is 4.43. The molecule has 0 aromatic heterocycles. The van der Waals surface area contributed by atoms with E-state index in [4.69, 9.17) is 14.2 Å². The Morgan fingerprint density at radius 2 is 1.45 bits per heavy atom. The van der Waals surface area contributed by atoms with Gasteiger partial charge in [-0.3, -0.25) is 14.4 Å². The molecule has 6 heteroatoms. The maximum Gasteiger partial charge on any atom is 0.302 e. The van der Waals surface area contributed by atoms with Crippen LogP contribution in [0, 0.1) is 34.5 Å². The van der Waals surface area contributed by atoms with E-state index in [1.165, 1.54) is 20.8 Å². The fraction of sp³-hybridized carbons (Fsp3) is 0.880. The molecule has 0 N–H and O–H groups in total. The van der Waals surface area contributed by atoms with Crippen molar-refractivity contribution in [3.8, 4) is 0 Å². The van der Waals surface area contributed by atoms with E-state index in [9.17, 15) is 14.4 Å². The van der Waals surface area contributed by atoms with Crippen LogP contribution in [0.3, 0.4) is 0 Å². The lowest BCUT2D eigenvalue weighted by Gasteiger charge is -2.62. The van der Waals surface area contributed by atoms with Gasteiger partial charge in [0.1, 0.15) is 18.3 Å². The zero-order valence-electron chi connectivity index (χ0n) is 19.6. The van der Waals surface area contributed by atoms with E-state index in [0.717, 1.165) is 51.4 Å². The van der Waals surface area contributed by atoms with E-state index in [1.54, 1.807) is 0 Å². The van der Waals surface area contributed by atoms with E-state index in [2.05, 4.69) is 13.8 Å². The molecule has 0 heterocycles. The summed E-state index contributed by atoms with van der Waals surface area (Å²) in [5.74, 6) is 1.08. The highest BCUT2D eigenvalue weighted by Gasteiger charge is 2.65. The van der Waals surface area contributed by atoms with Crippen molar-refractivity contribution in [2.45, 2.75) is 104 Å². The standard InChI is InChI=1S/C25H38O6/c1-14(26)29-18-10-11-24(4)17(12-18)6-7-19-20-8-9-22(31-16(3)28)25(20,5)13-21(23(19)24)30-15(2)27/h17-23H,6-13H2,1-5H3/t17?,18-,19-,20-,21-,22-,23+,24-,25-/m0/s1. The van der Waals surface area contributed by atoms with Crippen LogP contribution in [-0.4, -0.2) is 36.2 Å². The maximum atomic E-state index is 12.1. The van der Waals surface area contributed by atoms with E-state index in [0.29, 0.717) is 23.7 Å². The Hall–Kier alpha value is -1.59.